The minimum Gasteiger partial charge on any atom is -0.497 e. The Kier molecular flexibility index (Phi) is 5.74. The van der Waals surface area contributed by atoms with Crippen molar-refractivity contribution in [3.8, 4) is 16.9 Å². The molecule has 1 aromatic heterocycles. The number of benzene rings is 2. The maximum absolute atomic E-state index is 12.9. The molecule has 2 aromatic carbocycles. The number of hydrogen-bond donors (Lipinski definition) is 0. The fourth-order valence-corrected chi connectivity index (χ4v) is 3.16. The lowest BCUT2D eigenvalue weighted by molar-refractivity contribution is 0.0550. The molecule has 26 heavy (non-hydrogen) atoms. The Labute approximate surface area is 154 Å². The van der Waals surface area contributed by atoms with Crippen LogP contribution in [0.5, 0.6) is 5.75 Å². The van der Waals surface area contributed by atoms with E-state index in [4.69, 9.17) is 9.47 Å². The molecule has 1 atom stereocenters. The highest BCUT2D eigenvalue weighted by Gasteiger charge is 2.14. The predicted molar refractivity (Wildman–Crippen MR) is 106 cm³/mol. The molecule has 0 fully saturated rings. The molecule has 0 spiro atoms. The highest BCUT2D eigenvalue weighted by Crippen LogP contribution is 2.29. The molecule has 1 unspecified atom stereocenters. The van der Waals surface area contributed by atoms with Gasteiger partial charge in [-0.05, 0) is 36.6 Å². The molecule has 136 valence electrons. The van der Waals surface area contributed by atoms with E-state index in [1.165, 1.54) is 0 Å². The van der Waals surface area contributed by atoms with E-state index >= 15 is 0 Å². The van der Waals surface area contributed by atoms with Gasteiger partial charge in [0.05, 0.1) is 25.3 Å². The molecule has 0 N–H and O–H groups in total. The molecule has 4 heteroatoms. The summed E-state index contributed by atoms with van der Waals surface area (Å²) >= 11 is 0. The Balaban J connectivity index is 2.16. The number of aromatic nitrogens is 1. The van der Waals surface area contributed by atoms with Crippen LogP contribution in [0.2, 0.25) is 0 Å². The van der Waals surface area contributed by atoms with Crippen molar-refractivity contribution in [1.82, 2.24) is 4.57 Å². The Morgan fingerprint density at radius 3 is 2.54 bits per heavy atom. The first-order valence-corrected chi connectivity index (χ1v) is 9.02. The number of ether oxygens (including phenoxy) is 2. The van der Waals surface area contributed by atoms with Crippen molar-refractivity contribution >= 4 is 10.9 Å². The van der Waals surface area contributed by atoms with Crippen LogP contribution in [0.15, 0.2) is 59.4 Å². The minimum atomic E-state index is -0.0374. The largest absolute Gasteiger partial charge is 0.497 e. The van der Waals surface area contributed by atoms with Gasteiger partial charge >= 0.3 is 0 Å². The summed E-state index contributed by atoms with van der Waals surface area (Å²) in [7, 11) is 1.64. The van der Waals surface area contributed by atoms with E-state index in [0.717, 1.165) is 34.2 Å². The van der Waals surface area contributed by atoms with Gasteiger partial charge in [0, 0.05) is 24.1 Å². The first kappa shape index (κ1) is 18.2. The molecular formula is C22H25NO3. The molecule has 0 bridgehead atoms. The lowest BCUT2D eigenvalue weighted by Crippen LogP contribution is -2.27. The SMILES string of the molecule is CCCOC(C)Cn1c(=O)cc(-c2ccccc2)c2ccc(OC)cc21. The highest BCUT2D eigenvalue weighted by atomic mass is 16.5. The van der Waals surface area contributed by atoms with Gasteiger partial charge in [0.25, 0.3) is 5.56 Å². The standard InChI is InChI=1S/C22H25NO3/c1-4-12-26-16(2)15-23-21-13-18(25-3)10-11-19(21)20(14-22(23)24)17-8-6-5-7-9-17/h5-11,13-14,16H,4,12,15H2,1-3H3. The van der Waals surface area contributed by atoms with E-state index in [-0.39, 0.29) is 11.7 Å². The van der Waals surface area contributed by atoms with Crippen LogP contribution in [0, 0.1) is 0 Å². The van der Waals surface area contributed by atoms with Gasteiger partial charge in [-0.3, -0.25) is 4.79 Å². The fourth-order valence-electron chi connectivity index (χ4n) is 3.16. The van der Waals surface area contributed by atoms with Crippen LogP contribution in [-0.2, 0) is 11.3 Å². The number of hydrogen-bond acceptors (Lipinski definition) is 3. The van der Waals surface area contributed by atoms with Gasteiger partial charge in [-0.25, -0.2) is 0 Å². The van der Waals surface area contributed by atoms with E-state index in [2.05, 4.69) is 6.92 Å². The van der Waals surface area contributed by atoms with E-state index in [1.807, 2.05) is 55.5 Å². The first-order chi connectivity index (χ1) is 12.6. The number of methoxy groups -OCH3 is 1. The fraction of sp³-hybridized carbons (Fsp3) is 0.318. The van der Waals surface area contributed by atoms with Crippen LogP contribution in [0.1, 0.15) is 20.3 Å². The van der Waals surface area contributed by atoms with Gasteiger partial charge in [0.1, 0.15) is 5.75 Å². The molecule has 0 aliphatic carbocycles. The molecule has 0 aliphatic rings. The van der Waals surface area contributed by atoms with E-state index in [0.29, 0.717) is 13.2 Å². The Hall–Kier alpha value is -2.59. The molecule has 1 heterocycles. The third-order valence-electron chi connectivity index (χ3n) is 4.45. The summed E-state index contributed by atoms with van der Waals surface area (Å²) in [6.07, 6.45) is 0.922. The van der Waals surface area contributed by atoms with Gasteiger partial charge in [-0.1, -0.05) is 37.3 Å². The van der Waals surface area contributed by atoms with Crippen LogP contribution in [0.25, 0.3) is 22.0 Å². The Morgan fingerprint density at radius 2 is 1.85 bits per heavy atom. The molecule has 0 aliphatic heterocycles. The van der Waals surface area contributed by atoms with Gasteiger partial charge in [0.2, 0.25) is 0 Å². The molecule has 0 amide bonds. The summed E-state index contributed by atoms with van der Waals surface area (Å²) < 4.78 is 12.9. The molecule has 3 aromatic rings. The summed E-state index contributed by atoms with van der Waals surface area (Å²) in [6.45, 7) is 5.28. The molecule has 0 saturated heterocycles. The quantitative estimate of drug-likeness (QED) is 0.629. The summed E-state index contributed by atoms with van der Waals surface area (Å²) in [5.41, 5.74) is 2.80. The zero-order chi connectivity index (χ0) is 18.5. The van der Waals surface area contributed by atoms with Crippen molar-refractivity contribution in [3.63, 3.8) is 0 Å². The second kappa shape index (κ2) is 8.19. The molecule has 3 rings (SSSR count). The van der Waals surface area contributed by atoms with Crippen LogP contribution in [0.4, 0.5) is 0 Å². The summed E-state index contributed by atoms with van der Waals surface area (Å²) in [4.78, 5) is 12.9. The maximum Gasteiger partial charge on any atom is 0.251 e. The second-order valence-corrected chi connectivity index (χ2v) is 6.44. The molecule has 0 saturated carbocycles. The molecule has 0 radical (unpaired) electrons. The number of fused-ring (bicyclic) bond motifs is 1. The van der Waals surface area contributed by atoms with Gasteiger partial charge in [0.15, 0.2) is 0 Å². The summed E-state index contributed by atoms with van der Waals surface area (Å²) in [5, 5.41) is 1.03. The zero-order valence-electron chi connectivity index (χ0n) is 15.6. The average Bonchev–Trinajstić information content (AvgIpc) is 2.68. The van der Waals surface area contributed by atoms with E-state index < -0.39 is 0 Å². The van der Waals surface area contributed by atoms with Crippen LogP contribution < -0.4 is 10.3 Å². The molecule has 4 nitrogen and oxygen atoms in total. The number of pyridine rings is 1. The minimum absolute atomic E-state index is 0.0310. The Bertz CT molecular complexity index is 931. The van der Waals surface area contributed by atoms with Crippen molar-refractivity contribution in [1.29, 1.82) is 0 Å². The highest BCUT2D eigenvalue weighted by molar-refractivity contribution is 5.95. The second-order valence-electron chi connectivity index (χ2n) is 6.44. The average molecular weight is 351 g/mol. The zero-order valence-corrected chi connectivity index (χ0v) is 15.6. The van der Waals surface area contributed by atoms with Gasteiger partial charge < -0.3 is 14.0 Å². The van der Waals surface area contributed by atoms with Crippen LogP contribution in [-0.4, -0.2) is 24.4 Å². The van der Waals surface area contributed by atoms with E-state index in [1.54, 1.807) is 17.7 Å². The number of rotatable bonds is 7. The topological polar surface area (TPSA) is 40.5 Å². The Morgan fingerprint density at radius 1 is 1.08 bits per heavy atom. The van der Waals surface area contributed by atoms with Gasteiger partial charge in [-0.15, -0.1) is 0 Å². The lowest BCUT2D eigenvalue weighted by atomic mass is 10.0. The van der Waals surface area contributed by atoms with Crippen molar-refractivity contribution < 1.29 is 9.47 Å². The lowest BCUT2D eigenvalue weighted by Gasteiger charge is -2.18. The normalized spacial score (nSPS) is 12.3. The monoisotopic (exact) mass is 351 g/mol. The van der Waals surface area contributed by atoms with Crippen LogP contribution >= 0.6 is 0 Å². The van der Waals surface area contributed by atoms with E-state index in [9.17, 15) is 4.79 Å². The number of nitrogens with zero attached hydrogens (tertiary/aromatic N) is 1. The molecular weight excluding hydrogens is 326 g/mol. The van der Waals surface area contributed by atoms with Crippen molar-refractivity contribution in [3.05, 3.63) is 65.0 Å². The van der Waals surface area contributed by atoms with Crippen molar-refractivity contribution in [2.24, 2.45) is 0 Å². The summed E-state index contributed by atoms with van der Waals surface area (Å²) in [6, 6.07) is 17.6. The predicted octanol–water partition coefficient (Wildman–Crippen LogP) is 4.49. The third kappa shape index (κ3) is 3.81. The van der Waals surface area contributed by atoms with Crippen molar-refractivity contribution in [2.75, 3.05) is 13.7 Å². The third-order valence-corrected chi connectivity index (χ3v) is 4.45. The van der Waals surface area contributed by atoms with Gasteiger partial charge in [-0.2, -0.15) is 0 Å². The maximum atomic E-state index is 12.9. The first-order valence-electron chi connectivity index (χ1n) is 9.02. The van der Waals surface area contributed by atoms with Crippen molar-refractivity contribution in [2.45, 2.75) is 32.9 Å². The van der Waals surface area contributed by atoms with Crippen LogP contribution in [0.3, 0.4) is 0 Å². The smallest absolute Gasteiger partial charge is 0.251 e. The summed E-state index contributed by atoms with van der Waals surface area (Å²) in [5.74, 6) is 0.734.